The zero-order chi connectivity index (χ0) is 33.4. The Morgan fingerprint density at radius 2 is 1.96 bits per heavy atom. The molecule has 0 spiro atoms. The number of halogens is 2. The van der Waals surface area contributed by atoms with E-state index < -0.39 is 62.5 Å². The van der Waals surface area contributed by atoms with Gasteiger partial charge in [-0.05, 0) is 32.2 Å². The minimum atomic E-state index is -4.48. The molecule has 5 rings (SSSR count). The van der Waals surface area contributed by atoms with Crippen molar-refractivity contribution in [2.24, 2.45) is 0 Å². The van der Waals surface area contributed by atoms with Crippen LogP contribution in [0, 0.1) is 0 Å². The van der Waals surface area contributed by atoms with Gasteiger partial charge in [0.15, 0.2) is 29.4 Å². The minimum absolute atomic E-state index is 0.0819. The zero-order valence-electron chi connectivity index (χ0n) is 25.8. The molecule has 0 amide bonds. The molecule has 0 bridgehead atoms. The molecule has 0 aliphatic carbocycles. The molecule has 3 heterocycles. The van der Waals surface area contributed by atoms with E-state index in [1.54, 1.807) is 57.1 Å². The fourth-order valence-corrected chi connectivity index (χ4v) is 6.89. The van der Waals surface area contributed by atoms with Gasteiger partial charge in [0.2, 0.25) is 5.95 Å². The third-order valence-electron chi connectivity index (χ3n) is 7.32. The molecule has 46 heavy (non-hydrogen) atoms. The maximum atomic E-state index is 15.9. The van der Waals surface area contributed by atoms with Crippen LogP contribution in [0.4, 0.5) is 16.2 Å². The summed E-state index contributed by atoms with van der Waals surface area (Å²) in [5, 5.41) is 15.2. The summed E-state index contributed by atoms with van der Waals surface area (Å²) in [5.41, 5.74) is 4.47. The Labute approximate surface area is 269 Å². The molecule has 14 nitrogen and oxygen atoms in total. The highest BCUT2D eigenvalue weighted by atomic mass is 35.5. The number of alkyl halides is 2. The van der Waals surface area contributed by atoms with Crippen LogP contribution < -0.4 is 20.2 Å². The number of esters is 1. The summed E-state index contributed by atoms with van der Waals surface area (Å²) in [5.74, 6) is -0.687. The number of aliphatic hydroxyl groups excluding tert-OH is 1. The Morgan fingerprint density at radius 3 is 2.65 bits per heavy atom. The number of rotatable bonds is 12. The topological polar surface area (TPSA) is 176 Å². The number of nitrogens with zero attached hydrogens (tertiary/aromatic N) is 5. The van der Waals surface area contributed by atoms with Crippen LogP contribution in [0.5, 0.6) is 5.75 Å². The summed E-state index contributed by atoms with van der Waals surface area (Å²) in [6, 6.07) is 11.2. The predicted octanol–water partition coefficient (Wildman–Crippen LogP) is 3.97. The lowest BCUT2D eigenvalue weighted by atomic mass is 9.99. The first kappa shape index (κ1) is 33.8. The number of hydrogen-bond acceptors (Lipinski definition) is 12. The van der Waals surface area contributed by atoms with Crippen LogP contribution in [0.3, 0.4) is 0 Å². The number of nitrogen functional groups attached to an aromatic ring is 1. The second-order valence-electron chi connectivity index (χ2n) is 11.4. The van der Waals surface area contributed by atoms with Crippen molar-refractivity contribution in [3.63, 3.8) is 0 Å². The third kappa shape index (κ3) is 6.61. The van der Waals surface area contributed by atoms with Crippen molar-refractivity contribution in [3.05, 3.63) is 48.8 Å². The molecule has 0 radical (unpaired) electrons. The lowest BCUT2D eigenvalue weighted by Gasteiger charge is -2.31. The molecule has 4 N–H and O–H groups in total. The van der Waals surface area contributed by atoms with E-state index in [-0.39, 0.29) is 17.3 Å². The standard InChI is InChI=1S/C29H36ClFN7O7P/c1-16(2)43-27(40)17(3)36-46(41,45-20-12-8-10-18-9-6-7-11-19(18)20)42-14-29(13-30)23(39)21(31)26(44-29)38-15-33-22-24(37(4)5)34-28(32)35-25(22)38/h6-12,15-17,21,23,26,39H,13-14H2,1-5H3,(H,36,41)(H2,32,34,35)/t17-,21+,23+,26-,29-,46+/m1/s1. The van der Waals surface area contributed by atoms with Gasteiger partial charge in [-0.15, -0.1) is 11.6 Å². The molecule has 1 aliphatic heterocycles. The average molecular weight is 680 g/mol. The van der Waals surface area contributed by atoms with E-state index in [1.165, 1.54) is 17.8 Å². The number of fused-ring (bicyclic) bond motifs is 2. The Hall–Kier alpha value is -3.59. The molecule has 1 aliphatic rings. The number of nitrogens with two attached hydrogens (primary N) is 1. The molecule has 0 unspecified atom stereocenters. The average Bonchev–Trinajstić information content (AvgIpc) is 3.53. The van der Waals surface area contributed by atoms with Crippen molar-refractivity contribution >= 4 is 59.0 Å². The van der Waals surface area contributed by atoms with E-state index in [0.717, 1.165) is 5.39 Å². The van der Waals surface area contributed by atoms with Gasteiger partial charge in [0, 0.05) is 19.5 Å². The van der Waals surface area contributed by atoms with Crippen LogP contribution in [-0.2, 0) is 23.4 Å². The van der Waals surface area contributed by atoms with Gasteiger partial charge in [0.1, 0.15) is 23.5 Å². The van der Waals surface area contributed by atoms with Gasteiger partial charge in [-0.25, -0.2) is 13.9 Å². The highest BCUT2D eigenvalue weighted by Crippen LogP contribution is 2.50. The zero-order valence-corrected chi connectivity index (χ0v) is 27.5. The summed E-state index contributed by atoms with van der Waals surface area (Å²) in [6.45, 7) is 4.07. The summed E-state index contributed by atoms with van der Waals surface area (Å²) in [7, 11) is -1.01. The smallest absolute Gasteiger partial charge is 0.459 e. The van der Waals surface area contributed by atoms with Crippen LogP contribution in [-0.4, -0.2) is 87.2 Å². The van der Waals surface area contributed by atoms with Crippen molar-refractivity contribution in [3.8, 4) is 5.75 Å². The first-order valence-corrected chi connectivity index (χ1v) is 16.5. The molecular weight excluding hydrogens is 644 g/mol. The molecule has 1 fully saturated rings. The van der Waals surface area contributed by atoms with Crippen molar-refractivity contribution in [1.82, 2.24) is 24.6 Å². The highest BCUT2D eigenvalue weighted by Gasteiger charge is 2.57. The maximum absolute atomic E-state index is 15.9. The molecule has 6 atom stereocenters. The number of hydrogen-bond donors (Lipinski definition) is 3. The SMILES string of the molecule is CC(C)OC(=O)[C@@H](C)N[P@](=O)(OC[C@@]1(CCl)O[C@@H](n2cnc3c(N(C)C)nc(N)nc32)[C@@H](F)[C@@H]1O)Oc1cccc2ccccc12. The van der Waals surface area contributed by atoms with Crippen LogP contribution in [0.2, 0.25) is 0 Å². The van der Waals surface area contributed by atoms with Gasteiger partial charge in [0.25, 0.3) is 0 Å². The van der Waals surface area contributed by atoms with E-state index in [1.807, 2.05) is 18.2 Å². The second-order valence-corrected chi connectivity index (χ2v) is 13.4. The van der Waals surface area contributed by atoms with Crippen LogP contribution in [0.25, 0.3) is 21.9 Å². The molecular formula is C29H36ClFN7O7P. The molecule has 4 aromatic rings. The summed E-state index contributed by atoms with van der Waals surface area (Å²) in [6.07, 6.45) is -4.53. The third-order valence-corrected chi connectivity index (χ3v) is 9.38. The van der Waals surface area contributed by atoms with Crippen molar-refractivity contribution in [2.45, 2.75) is 57.0 Å². The molecule has 2 aromatic heterocycles. The number of benzene rings is 2. The molecule has 1 saturated heterocycles. The van der Waals surface area contributed by atoms with E-state index >= 15 is 4.39 Å². The number of ether oxygens (including phenoxy) is 2. The normalized spacial score (nSPS) is 23.5. The Balaban J connectivity index is 1.46. The second kappa shape index (κ2) is 13.3. The van der Waals surface area contributed by atoms with Crippen molar-refractivity contribution < 1.29 is 37.4 Å². The van der Waals surface area contributed by atoms with E-state index in [4.69, 9.17) is 35.9 Å². The summed E-state index contributed by atoms with van der Waals surface area (Å²) >= 11 is 6.31. The molecule has 0 saturated carbocycles. The van der Waals surface area contributed by atoms with Gasteiger partial charge in [-0.1, -0.05) is 36.4 Å². The van der Waals surface area contributed by atoms with Crippen molar-refractivity contribution in [2.75, 3.05) is 37.2 Å². The molecule has 17 heteroatoms. The highest BCUT2D eigenvalue weighted by molar-refractivity contribution is 7.52. The fourth-order valence-electron chi connectivity index (χ4n) is 5.03. The van der Waals surface area contributed by atoms with Gasteiger partial charge in [-0.2, -0.15) is 15.1 Å². The summed E-state index contributed by atoms with van der Waals surface area (Å²) < 4.78 is 54.6. The van der Waals surface area contributed by atoms with Crippen molar-refractivity contribution in [1.29, 1.82) is 0 Å². The number of nitrogens with one attached hydrogen (secondary N) is 1. The number of aliphatic hydroxyl groups is 1. The minimum Gasteiger partial charge on any atom is -0.462 e. The van der Waals surface area contributed by atoms with E-state index in [9.17, 15) is 14.5 Å². The van der Waals surface area contributed by atoms with E-state index in [2.05, 4.69) is 20.0 Å². The maximum Gasteiger partial charge on any atom is 0.459 e. The van der Waals surface area contributed by atoms with Crippen LogP contribution in [0.15, 0.2) is 48.8 Å². The number of carbonyl (C=O) groups is 1. The number of anilines is 2. The Bertz CT molecular complexity index is 1770. The summed E-state index contributed by atoms with van der Waals surface area (Å²) in [4.78, 5) is 27.0. The van der Waals surface area contributed by atoms with Gasteiger partial charge >= 0.3 is 13.7 Å². The fraction of sp³-hybridized carbons (Fsp3) is 0.448. The first-order chi connectivity index (χ1) is 21.8. The Kier molecular flexibility index (Phi) is 9.73. The van der Waals surface area contributed by atoms with Crippen LogP contribution >= 0.6 is 19.3 Å². The molecule has 248 valence electrons. The number of imidazole rings is 1. The van der Waals surface area contributed by atoms with Gasteiger partial charge in [-0.3, -0.25) is 13.9 Å². The predicted molar refractivity (Wildman–Crippen MR) is 170 cm³/mol. The monoisotopic (exact) mass is 679 g/mol. The Morgan fingerprint density at radius 1 is 1.24 bits per heavy atom. The lowest BCUT2D eigenvalue weighted by molar-refractivity contribution is -0.149. The van der Waals surface area contributed by atoms with Crippen LogP contribution in [0.1, 0.15) is 27.0 Å². The first-order valence-electron chi connectivity index (χ1n) is 14.4. The van der Waals surface area contributed by atoms with Gasteiger partial charge in [0.05, 0.1) is 24.9 Å². The quantitative estimate of drug-likeness (QED) is 0.112. The largest absolute Gasteiger partial charge is 0.462 e. The van der Waals surface area contributed by atoms with E-state index in [0.29, 0.717) is 16.7 Å². The van der Waals surface area contributed by atoms with Gasteiger partial charge < -0.3 is 29.7 Å². The lowest BCUT2D eigenvalue weighted by Crippen LogP contribution is -2.48. The number of aromatic nitrogens is 4. The number of carbonyl (C=O) groups excluding carboxylic acids is 1. The molecule has 2 aromatic carbocycles.